The van der Waals surface area contributed by atoms with Crippen molar-refractivity contribution in [1.29, 1.82) is 0 Å². The Labute approximate surface area is 93.6 Å². The van der Waals surface area contributed by atoms with E-state index < -0.39 is 5.60 Å². The Kier molecular flexibility index (Phi) is 5.12. The zero-order chi connectivity index (χ0) is 12.1. The van der Waals surface area contributed by atoms with Gasteiger partial charge in [-0.05, 0) is 32.6 Å². The smallest absolute Gasteiger partial charge is 0.407 e. The van der Waals surface area contributed by atoms with Crippen LogP contribution in [0.2, 0.25) is 0 Å². The molecule has 0 aromatic carbocycles. The lowest BCUT2D eigenvalue weighted by atomic mass is 9.87. The molecule has 0 fully saturated rings. The Balaban J connectivity index is 3.74. The first kappa shape index (κ1) is 14.3. The Bertz CT molecular complexity index is 204. The molecule has 0 aliphatic carbocycles. The fourth-order valence-corrected chi connectivity index (χ4v) is 0.994. The number of hydrogen-bond donors (Lipinski definition) is 1. The number of amides is 1. The first-order valence-corrected chi connectivity index (χ1v) is 5.63. The molecule has 0 saturated carbocycles. The van der Waals surface area contributed by atoms with E-state index in [4.69, 9.17) is 4.74 Å². The molecule has 0 heterocycles. The minimum absolute atomic E-state index is 0.287. The number of nitrogens with one attached hydrogen (secondary N) is 1. The zero-order valence-electron chi connectivity index (χ0n) is 10.9. The molecule has 0 aromatic heterocycles. The van der Waals surface area contributed by atoms with Gasteiger partial charge in [-0.15, -0.1) is 0 Å². The predicted molar refractivity (Wildman–Crippen MR) is 62.9 cm³/mol. The Morgan fingerprint density at radius 2 is 1.73 bits per heavy atom. The van der Waals surface area contributed by atoms with E-state index >= 15 is 0 Å². The highest BCUT2D eigenvalue weighted by molar-refractivity contribution is 5.67. The van der Waals surface area contributed by atoms with Gasteiger partial charge in [0, 0.05) is 6.54 Å². The molecule has 1 amide bonds. The van der Waals surface area contributed by atoms with Gasteiger partial charge in [0.05, 0.1) is 0 Å². The molecular weight excluding hydrogens is 190 g/mol. The van der Waals surface area contributed by atoms with Gasteiger partial charge in [-0.2, -0.15) is 0 Å². The standard InChI is InChI=1S/C12H25NO2/c1-7-12(5,6)8-9-13-10(14)15-11(2,3)4/h7-9H2,1-6H3,(H,13,14). The molecule has 0 aliphatic heterocycles. The maximum absolute atomic E-state index is 11.3. The summed E-state index contributed by atoms with van der Waals surface area (Å²) in [4.78, 5) is 11.3. The summed E-state index contributed by atoms with van der Waals surface area (Å²) in [6.07, 6.45) is 1.76. The summed E-state index contributed by atoms with van der Waals surface area (Å²) in [5.41, 5.74) is -0.126. The van der Waals surface area contributed by atoms with Crippen LogP contribution in [0.15, 0.2) is 0 Å². The number of rotatable bonds is 4. The molecule has 90 valence electrons. The number of carbonyl (C=O) groups is 1. The first-order chi connectivity index (χ1) is 6.66. The van der Waals surface area contributed by atoms with Crippen LogP contribution >= 0.6 is 0 Å². The van der Waals surface area contributed by atoms with Crippen LogP contribution in [0.25, 0.3) is 0 Å². The highest BCUT2D eigenvalue weighted by Crippen LogP contribution is 2.23. The molecule has 0 rings (SSSR count). The minimum atomic E-state index is -0.412. The van der Waals surface area contributed by atoms with Crippen LogP contribution in [0.5, 0.6) is 0 Å². The van der Waals surface area contributed by atoms with Crippen LogP contribution in [0.4, 0.5) is 4.79 Å². The van der Waals surface area contributed by atoms with E-state index in [-0.39, 0.29) is 11.5 Å². The van der Waals surface area contributed by atoms with E-state index in [1.54, 1.807) is 0 Å². The van der Waals surface area contributed by atoms with Crippen molar-refractivity contribution < 1.29 is 9.53 Å². The van der Waals surface area contributed by atoms with Crippen molar-refractivity contribution in [3.05, 3.63) is 0 Å². The third kappa shape index (κ3) is 8.28. The van der Waals surface area contributed by atoms with Crippen molar-refractivity contribution in [1.82, 2.24) is 5.32 Å². The Morgan fingerprint density at radius 1 is 1.20 bits per heavy atom. The SMILES string of the molecule is CCC(C)(C)CCNC(=O)OC(C)(C)C. The average Bonchev–Trinajstić information content (AvgIpc) is 2.00. The van der Waals surface area contributed by atoms with E-state index in [0.29, 0.717) is 6.54 Å². The minimum Gasteiger partial charge on any atom is -0.444 e. The zero-order valence-corrected chi connectivity index (χ0v) is 10.9. The van der Waals surface area contributed by atoms with Gasteiger partial charge in [0.2, 0.25) is 0 Å². The third-order valence-electron chi connectivity index (χ3n) is 2.43. The van der Waals surface area contributed by atoms with Gasteiger partial charge in [-0.25, -0.2) is 4.79 Å². The van der Waals surface area contributed by atoms with Gasteiger partial charge in [0.15, 0.2) is 0 Å². The third-order valence-corrected chi connectivity index (χ3v) is 2.43. The number of hydrogen-bond acceptors (Lipinski definition) is 2. The van der Waals surface area contributed by atoms with Crippen molar-refractivity contribution in [2.24, 2.45) is 5.41 Å². The van der Waals surface area contributed by atoms with E-state index in [9.17, 15) is 4.79 Å². The van der Waals surface area contributed by atoms with Gasteiger partial charge in [-0.1, -0.05) is 27.2 Å². The van der Waals surface area contributed by atoms with Crippen LogP contribution < -0.4 is 5.32 Å². The average molecular weight is 215 g/mol. The maximum Gasteiger partial charge on any atom is 0.407 e. The van der Waals surface area contributed by atoms with Gasteiger partial charge in [0.25, 0.3) is 0 Å². The molecule has 1 N–H and O–H groups in total. The second-order valence-corrected chi connectivity index (χ2v) is 5.70. The Hall–Kier alpha value is -0.730. The summed E-state index contributed by atoms with van der Waals surface area (Å²) in [5.74, 6) is 0. The van der Waals surface area contributed by atoms with Crippen molar-refractivity contribution in [3.8, 4) is 0 Å². The molecule has 0 saturated heterocycles. The molecule has 0 aliphatic rings. The maximum atomic E-state index is 11.3. The molecule has 3 nitrogen and oxygen atoms in total. The fourth-order valence-electron chi connectivity index (χ4n) is 0.994. The summed E-state index contributed by atoms with van der Waals surface area (Å²) in [5, 5.41) is 2.77. The second-order valence-electron chi connectivity index (χ2n) is 5.70. The van der Waals surface area contributed by atoms with Crippen LogP contribution in [0.3, 0.4) is 0 Å². The van der Waals surface area contributed by atoms with E-state index in [2.05, 4.69) is 26.1 Å². The summed E-state index contributed by atoms with van der Waals surface area (Å²) in [6, 6.07) is 0. The van der Waals surface area contributed by atoms with Crippen LogP contribution in [0.1, 0.15) is 54.4 Å². The molecule has 0 atom stereocenters. The molecule has 0 radical (unpaired) electrons. The Morgan fingerprint density at radius 3 is 2.13 bits per heavy atom. The summed E-state index contributed by atoms with van der Waals surface area (Å²) in [6.45, 7) is 12.8. The second kappa shape index (κ2) is 5.38. The van der Waals surface area contributed by atoms with Gasteiger partial charge < -0.3 is 10.1 Å². The first-order valence-electron chi connectivity index (χ1n) is 5.63. The van der Waals surface area contributed by atoms with Gasteiger partial charge in [0.1, 0.15) is 5.60 Å². The topological polar surface area (TPSA) is 38.3 Å². The number of alkyl carbamates (subject to hydrolysis) is 1. The van der Waals surface area contributed by atoms with E-state index in [1.807, 2.05) is 20.8 Å². The summed E-state index contributed by atoms with van der Waals surface area (Å²) >= 11 is 0. The van der Waals surface area contributed by atoms with Crippen LogP contribution in [-0.2, 0) is 4.74 Å². The molecule has 0 aromatic rings. The van der Waals surface area contributed by atoms with Crippen molar-refractivity contribution in [2.75, 3.05) is 6.54 Å². The van der Waals surface area contributed by atoms with Crippen LogP contribution in [0, 0.1) is 5.41 Å². The van der Waals surface area contributed by atoms with E-state index in [0.717, 1.165) is 12.8 Å². The summed E-state index contributed by atoms with van der Waals surface area (Å²) in [7, 11) is 0. The van der Waals surface area contributed by atoms with E-state index in [1.165, 1.54) is 0 Å². The largest absolute Gasteiger partial charge is 0.444 e. The highest BCUT2D eigenvalue weighted by atomic mass is 16.6. The molecule has 0 spiro atoms. The van der Waals surface area contributed by atoms with Crippen molar-refractivity contribution in [3.63, 3.8) is 0 Å². The fraction of sp³-hybridized carbons (Fsp3) is 0.917. The number of carbonyl (C=O) groups excluding carboxylic acids is 1. The normalized spacial score (nSPS) is 12.4. The lowest BCUT2D eigenvalue weighted by Gasteiger charge is -2.23. The molecule has 15 heavy (non-hydrogen) atoms. The predicted octanol–water partition coefficient (Wildman–Crippen LogP) is 3.34. The summed E-state index contributed by atoms with van der Waals surface area (Å²) < 4.78 is 5.14. The quantitative estimate of drug-likeness (QED) is 0.781. The molecule has 3 heteroatoms. The van der Waals surface area contributed by atoms with Gasteiger partial charge in [-0.3, -0.25) is 0 Å². The van der Waals surface area contributed by atoms with Crippen LogP contribution in [-0.4, -0.2) is 18.2 Å². The lowest BCUT2D eigenvalue weighted by molar-refractivity contribution is 0.0521. The lowest BCUT2D eigenvalue weighted by Crippen LogP contribution is -2.34. The van der Waals surface area contributed by atoms with Crippen molar-refractivity contribution in [2.45, 2.75) is 60.0 Å². The molecule has 0 unspecified atom stereocenters. The number of ether oxygens (including phenoxy) is 1. The van der Waals surface area contributed by atoms with Gasteiger partial charge >= 0.3 is 6.09 Å². The van der Waals surface area contributed by atoms with Crippen molar-refractivity contribution >= 4 is 6.09 Å². The monoisotopic (exact) mass is 215 g/mol. The molecule has 0 bridgehead atoms. The molecular formula is C12H25NO2. The highest BCUT2D eigenvalue weighted by Gasteiger charge is 2.18.